The first-order chi connectivity index (χ1) is 22.2. The number of nitrogens with zero attached hydrogens (tertiary/aromatic N) is 1. The molecule has 0 aliphatic rings. The van der Waals surface area contributed by atoms with Crippen LogP contribution in [0, 0.1) is 0 Å². The zero-order valence-electron chi connectivity index (χ0n) is 25.3. The summed E-state index contributed by atoms with van der Waals surface area (Å²) in [6, 6.07) is 39.6. The van der Waals surface area contributed by atoms with Crippen LogP contribution >= 0.6 is 11.3 Å². The number of allylic oxidation sites excluding steroid dienone is 4. The van der Waals surface area contributed by atoms with Crippen LogP contribution in [0.25, 0.3) is 65.7 Å². The van der Waals surface area contributed by atoms with Crippen molar-refractivity contribution in [1.29, 1.82) is 0 Å². The van der Waals surface area contributed by atoms with Crippen molar-refractivity contribution in [2.24, 2.45) is 0 Å². The summed E-state index contributed by atoms with van der Waals surface area (Å²) >= 11 is 1.84. The Kier molecular flexibility index (Phi) is 7.51. The van der Waals surface area contributed by atoms with Crippen molar-refractivity contribution in [2.75, 3.05) is 4.90 Å². The monoisotopic (exact) mass is 595 g/mol. The van der Waals surface area contributed by atoms with E-state index in [0.29, 0.717) is 0 Å². The van der Waals surface area contributed by atoms with Gasteiger partial charge in [0, 0.05) is 32.0 Å². The maximum atomic E-state index is 4.12. The smallest absolute Gasteiger partial charge is 0.0468 e. The zero-order valence-corrected chi connectivity index (χ0v) is 26.1. The molecule has 0 radical (unpaired) electrons. The third-order valence-electron chi connectivity index (χ3n) is 8.46. The van der Waals surface area contributed by atoms with E-state index < -0.39 is 0 Å². The molecule has 0 amide bonds. The van der Waals surface area contributed by atoms with Crippen LogP contribution in [0.1, 0.15) is 17.4 Å². The summed E-state index contributed by atoms with van der Waals surface area (Å²) in [7, 11) is 0. The summed E-state index contributed by atoms with van der Waals surface area (Å²) in [5.74, 6) is 0. The minimum Gasteiger partial charge on any atom is -0.311 e. The van der Waals surface area contributed by atoms with Gasteiger partial charge in [0.15, 0.2) is 0 Å². The fraction of sp³-hybridized carbons (Fsp3) is 0.0233. The first-order valence-electron chi connectivity index (χ1n) is 15.2. The van der Waals surface area contributed by atoms with Gasteiger partial charge in [0.05, 0.1) is 0 Å². The number of para-hydroxylation sites is 1. The van der Waals surface area contributed by atoms with Gasteiger partial charge in [0.25, 0.3) is 0 Å². The first kappa shape index (κ1) is 28.3. The molecule has 0 aliphatic heterocycles. The molecule has 216 valence electrons. The predicted octanol–water partition coefficient (Wildman–Crippen LogP) is 13.1. The highest BCUT2D eigenvalue weighted by molar-refractivity contribution is 7.20. The van der Waals surface area contributed by atoms with Crippen LogP contribution in [0.2, 0.25) is 0 Å². The molecule has 7 aromatic rings. The van der Waals surface area contributed by atoms with Gasteiger partial charge >= 0.3 is 0 Å². The molecule has 0 unspecified atom stereocenters. The van der Waals surface area contributed by atoms with Gasteiger partial charge in [-0.1, -0.05) is 117 Å². The molecule has 0 aliphatic carbocycles. The number of fused-ring (bicyclic) bond motifs is 7. The lowest BCUT2D eigenvalue weighted by Gasteiger charge is -2.27. The molecule has 0 saturated carbocycles. The van der Waals surface area contributed by atoms with E-state index in [1.165, 1.54) is 64.0 Å². The Morgan fingerprint density at radius 3 is 2.00 bits per heavy atom. The zero-order chi connectivity index (χ0) is 30.9. The van der Waals surface area contributed by atoms with Gasteiger partial charge in [-0.2, -0.15) is 0 Å². The van der Waals surface area contributed by atoms with Crippen LogP contribution in [0.3, 0.4) is 0 Å². The fourth-order valence-electron chi connectivity index (χ4n) is 6.50. The Labute approximate surface area is 268 Å². The van der Waals surface area contributed by atoms with E-state index in [1.807, 2.05) is 41.7 Å². The largest absolute Gasteiger partial charge is 0.311 e. The highest BCUT2D eigenvalue weighted by Crippen LogP contribution is 2.43. The number of hydrogen-bond donors (Lipinski definition) is 0. The van der Waals surface area contributed by atoms with Gasteiger partial charge < -0.3 is 4.90 Å². The molecule has 0 bridgehead atoms. The number of benzene rings is 6. The van der Waals surface area contributed by atoms with E-state index >= 15 is 0 Å². The summed E-state index contributed by atoms with van der Waals surface area (Å²) in [5.41, 5.74) is 6.78. The van der Waals surface area contributed by atoms with E-state index in [0.717, 1.165) is 17.1 Å². The summed E-state index contributed by atoms with van der Waals surface area (Å²) in [5, 5.41) is 8.69. The lowest BCUT2D eigenvalue weighted by molar-refractivity contribution is 1.22. The molecule has 1 heterocycles. The molecule has 0 saturated heterocycles. The van der Waals surface area contributed by atoms with Crippen molar-refractivity contribution >= 4 is 77.3 Å². The second kappa shape index (κ2) is 11.9. The van der Waals surface area contributed by atoms with E-state index in [1.54, 1.807) is 0 Å². The lowest BCUT2D eigenvalue weighted by atomic mass is 9.91. The van der Waals surface area contributed by atoms with E-state index in [4.69, 9.17) is 0 Å². The van der Waals surface area contributed by atoms with Gasteiger partial charge in [-0.25, -0.2) is 0 Å². The second-order valence-electron chi connectivity index (χ2n) is 11.0. The minimum absolute atomic E-state index is 0.963. The third-order valence-corrected chi connectivity index (χ3v) is 9.68. The van der Waals surface area contributed by atoms with Crippen molar-refractivity contribution in [3.05, 3.63) is 169 Å². The molecule has 0 fully saturated rings. The number of hydrogen-bond acceptors (Lipinski definition) is 2. The molecule has 45 heavy (non-hydrogen) atoms. The van der Waals surface area contributed by atoms with E-state index in [-0.39, 0.29) is 0 Å². The SMILES string of the molecule is C=C/C=C(\C=C)N(c1ccccc1)c1ccc2c3ccc(-c4cccc5c(C=C)c(/C=C\C)sc45)cc3c3ccccc3c2c1. The minimum atomic E-state index is 0.963. The molecule has 1 aromatic heterocycles. The molecule has 0 atom stereocenters. The van der Waals surface area contributed by atoms with Crippen molar-refractivity contribution in [3.63, 3.8) is 0 Å². The second-order valence-corrected chi connectivity index (χ2v) is 12.1. The summed E-state index contributed by atoms with van der Waals surface area (Å²) < 4.78 is 1.29. The van der Waals surface area contributed by atoms with Crippen LogP contribution in [0.15, 0.2) is 159 Å². The van der Waals surface area contributed by atoms with Crippen LogP contribution in [-0.4, -0.2) is 0 Å². The highest BCUT2D eigenvalue weighted by Gasteiger charge is 2.17. The maximum absolute atomic E-state index is 4.12. The van der Waals surface area contributed by atoms with Gasteiger partial charge in [-0.05, 0) is 104 Å². The number of anilines is 2. The topological polar surface area (TPSA) is 3.24 Å². The van der Waals surface area contributed by atoms with Gasteiger partial charge in [0.1, 0.15) is 0 Å². The summed E-state index contributed by atoms with van der Waals surface area (Å²) in [6.07, 6.45) is 12.0. The molecule has 1 nitrogen and oxygen atoms in total. The Bertz CT molecular complexity index is 2310. The molecule has 2 heteroatoms. The van der Waals surface area contributed by atoms with Gasteiger partial charge in [0.2, 0.25) is 0 Å². The van der Waals surface area contributed by atoms with Crippen LogP contribution < -0.4 is 4.90 Å². The predicted molar refractivity (Wildman–Crippen MR) is 202 cm³/mol. The van der Waals surface area contributed by atoms with Crippen molar-refractivity contribution in [1.82, 2.24) is 0 Å². The average Bonchev–Trinajstić information content (AvgIpc) is 3.45. The highest BCUT2D eigenvalue weighted by atomic mass is 32.1. The molecule has 0 N–H and O–H groups in total. The lowest BCUT2D eigenvalue weighted by Crippen LogP contribution is -2.14. The average molecular weight is 596 g/mol. The normalized spacial score (nSPS) is 12.0. The molecular weight excluding hydrogens is 563 g/mol. The first-order valence-corrected chi connectivity index (χ1v) is 16.0. The van der Waals surface area contributed by atoms with E-state index in [2.05, 4.69) is 147 Å². The summed E-state index contributed by atoms with van der Waals surface area (Å²) in [4.78, 5) is 3.48. The van der Waals surface area contributed by atoms with Crippen LogP contribution in [0.5, 0.6) is 0 Å². The third kappa shape index (κ3) is 4.81. The number of thiophene rings is 1. The maximum Gasteiger partial charge on any atom is 0.0468 e. The Balaban J connectivity index is 1.47. The van der Waals surface area contributed by atoms with Crippen molar-refractivity contribution in [2.45, 2.75) is 6.92 Å². The van der Waals surface area contributed by atoms with Gasteiger partial charge in [-0.3, -0.25) is 0 Å². The Hall–Kier alpha value is -5.44. The summed E-state index contributed by atoms with van der Waals surface area (Å²) in [6.45, 7) is 14.2. The van der Waals surface area contributed by atoms with Crippen molar-refractivity contribution in [3.8, 4) is 11.1 Å². The standard InChI is InChI=1S/C43H33NS/c1-5-15-30(7-3)44(31-17-10-9-11-18-31)32-24-26-38-37-25-23-29(27-40(37)35-19-12-13-20-36(35)41(38)28-32)34-21-14-22-39-33(8-4)42(16-6-2)45-43(34)39/h5-28H,1,3-4H2,2H3/b16-6-,30-15+. The quantitative estimate of drug-likeness (QED) is 0.125. The van der Waals surface area contributed by atoms with E-state index in [9.17, 15) is 0 Å². The van der Waals surface area contributed by atoms with Crippen LogP contribution in [0.4, 0.5) is 11.4 Å². The van der Waals surface area contributed by atoms with Gasteiger partial charge in [-0.15, -0.1) is 11.3 Å². The Morgan fingerprint density at radius 2 is 1.31 bits per heavy atom. The molecule has 7 rings (SSSR count). The van der Waals surface area contributed by atoms with Crippen molar-refractivity contribution < 1.29 is 0 Å². The molecule has 6 aromatic carbocycles. The fourth-order valence-corrected chi connectivity index (χ4v) is 7.81. The number of rotatable bonds is 8. The molecular formula is C43H33NS. The molecule has 0 spiro atoms. The van der Waals surface area contributed by atoms with Crippen LogP contribution in [-0.2, 0) is 0 Å². The Morgan fingerprint density at radius 1 is 0.644 bits per heavy atom.